The average molecular weight is 297 g/mol. The standard InChI is InChI=1S/C14H17ClN2O3/c1-8-4-2-6-10(8)16-14(20)17-11-7-3-5-9(15)12(11)13(18)19/h3,5,7-8,10H,2,4,6H2,1H3,(H,18,19)(H2,16,17,20). The van der Waals surface area contributed by atoms with Crippen molar-refractivity contribution < 1.29 is 14.7 Å². The Morgan fingerprint density at radius 1 is 1.35 bits per heavy atom. The predicted octanol–water partition coefficient (Wildman–Crippen LogP) is 3.35. The minimum absolute atomic E-state index is 0.0937. The Hall–Kier alpha value is -1.75. The van der Waals surface area contributed by atoms with E-state index in [4.69, 9.17) is 16.7 Å². The normalized spacial score (nSPS) is 21.5. The van der Waals surface area contributed by atoms with Crippen LogP contribution in [0.3, 0.4) is 0 Å². The van der Waals surface area contributed by atoms with Crippen molar-refractivity contribution in [2.24, 2.45) is 5.92 Å². The number of rotatable bonds is 3. The lowest BCUT2D eigenvalue weighted by atomic mass is 10.1. The number of carbonyl (C=O) groups excluding carboxylic acids is 1. The van der Waals surface area contributed by atoms with Gasteiger partial charge in [0.15, 0.2) is 0 Å². The van der Waals surface area contributed by atoms with Crippen LogP contribution in [0.2, 0.25) is 5.02 Å². The highest BCUT2D eigenvalue weighted by molar-refractivity contribution is 6.34. The summed E-state index contributed by atoms with van der Waals surface area (Å²) in [6.07, 6.45) is 3.15. The highest BCUT2D eigenvalue weighted by Gasteiger charge is 2.25. The van der Waals surface area contributed by atoms with Crippen molar-refractivity contribution in [3.63, 3.8) is 0 Å². The van der Waals surface area contributed by atoms with Gasteiger partial charge < -0.3 is 15.7 Å². The van der Waals surface area contributed by atoms with Crippen LogP contribution in [0.1, 0.15) is 36.5 Å². The SMILES string of the molecule is CC1CCCC1NC(=O)Nc1cccc(Cl)c1C(=O)O. The van der Waals surface area contributed by atoms with E-state index in [2.05, 4.69) is 17.6 Å². The van der Waals surface area contributed by atoms with Gasteiger partial charge >= 0.3 is 12.0 Å². The van der Waals surface area contributed by atoms with Crippen LogP contribution in [-0.4, -0.2) is 23.1 Å². The van der Waals surface area contributed by atoms with E-state index in [1.54, 1.807) is 6.07 Å². The second kappa shape index (κ2) is 6.13. The summed E-state index contributed by atoms with van der Waals surface area (Å²) in [5, 5.41) is 14.7. The number of aromatic carboxylic acids is 1. The van der Waals surface area contributed by atoms with Crippen molar-refractivity contribution in [3.05, 3.63) is 28.8 Å². The molecule has 1 aliphatic rings. The second-order valence-corrected chi connectivity index (χ2v) is 5.49. The molecule has 2 rings (SSSR count). The molecule has 0 bridgehead atoms. The van der Waals surface area contributed by atoms with Crippen molar-refractivity contribution in [2.75, 3.05) is 5.32 Å². The van der Waals surface area contributed by atoms with E-state index in [9.17, 15) is 9.59 Å². The minimum atomic E-state index is -1.17. The molecule has 0 radical (unpaired) electrons. The summed E-state index contributed by atoms with van der Waals surface area (Å²) in [5.74, 6) is -0.723. The third kappa shape index (κ3) is 3.22. The maximum absolute atomic E-state index is 11.9. The van der Waals surface area contributed by atoms with Crippen LogP contribution in [0.4, 0.5) is 10.5 Å². The number of carboxylic acid groups (broad SMARTS) is 1. The number of urea groups is 1. The molecule has 5 nitrogen and oxygen atoms in total. The molecule has 1 aromatic rings. The molecule has 0 aliphatic heterocycles. The number of anilines is 1. The molecule has 1 aromatic carbocycles. The molecule has 0 aromatic heterocycles. The first kappa shape index (κ1) is 14.7. The number of amides is 2. The molecule has 6 heteroatoms. The monoisotopic (exact) mass is 296 g/mol. The first-order valence-corrected chi connectivity index (χ1v) is 6.96. The van der Waals surface area contributed by atoms with Crippen LogP contribution in [0.5, 0.6) is 0 Å². The highest BCUT2D eigenvalue weighted by Crippen LogP contribution is 2.26. The molecule has 1 fully saturated rings. The van der Waals surface area contributed by atoms with Gasteiger partial charge in [0.2, 0.25) is 0 Å². The van der Waals surface area contributed by atoms with Gasteiger partial charge in [-0.25, -0.2) is 9.59 Å². The molecular weight excluding hydrogens is 280 g/mol. The minimum Gasteiger partial charge on any atom is -0.478 e. The van der Waals surface area contributed by atoms with E-state index in [0.717, 1.165) is 19.3 Å². The van der Waals surface area contributed by atoms with Gasteiger partial charge in [0.25, 0.3) is 0 Å². The molecule has 1 aliphatic carbocycles. The molecule has 108 valence electrons. The summed E-state index contributed by atoms with van der Waals surface area (Å²) in [6.45, 7) is 2.10. The molecule has 2 amide bonds. The molecule has 0 saturated heterocycles. The van der Waals surface area contributed by atoms with Crippen molar-refractivity contribution in [3.8, 4) is 0 Å². The number of benzene rings is 1. The van der Waals surface area contributed by atoms with Gasteiger partial charge in [0, 0.05) is 6.04 Å². The summed E-state index contributed by atoms with van der Waals surface area (Å²) in [7, 11) is 0. The zero-order valence-corrected chi connectivity index (χ0v) is 11.9. The first-order valence-electron chi connectivity index (χ1n) is 6.58. The average Bonchev–Trinajstić information content (AvgIpc) is 2.74. The van der Waals surface area contributed by atoms with Crippen LogP contribution < -0.4 is 10.6 Å². The Morgan fingerprint density at radius 2 is 2.10 bits per heavy atom. The maximum atomic E-state index is 11.9. The first-order chi connectivity index (χ1) is 9.49. The van der Waals surface area contributed by atoms with Gasteiger partial charge in [-0.1, -0.05) is 31.0 Å². The zero-order chi connectivity index (χ0) is 14.7. The molecule has 20 heavy (non-hydrogen) atoms. The third-order valence-corrected chi connectivity index (χ3v) is 3.97. The summed E-state index contributed by atoms with van der Waals surface area (Å²) in [5.41, 5.74) is 0.108. The Labute approximate surface area is 122 Å². The fraction of sp³-hybridized carbons (Fsp3) is 0.429. The van der Waals surface area contributed by atoms with E-state index in [0.29, 0.717) is 5.92 Å². The summed E-state index contributed by atoms with van der Waals surface area (Å²) in [4.78, 5) is 23.1. The molecule has 3 N–H and O–H groups in total. The van der Waals surface area contributed by atoms with Crippen LogP contribution in [0.25, 0.3) is 0 Å². The fourth-order valence-corrected chi connectivity index (χ4v) is 2.79. The second-order valence-electron chi connectivity index (χ2n) is 5.08. The summed E-state index contributed by atoms with van der Waals surface area (Å²) >= 11 is 5.85. The van der Waals surface area contributed by atoms with Crippen molar-refractivity contribution in [1.29, 1.82) is 0 Å². The number of hydrogen-bond acceptors (Lipinski definition) is 2. The van der Waals surface area contributed by atoms with E-state index in [-0.39, 0.29) is 22.3 Å². The Morgan fingerprint density at radius 3 is 2.70 bits per heavy atom. The Balaban J connectivity index is 2.08. The third-order valence-electron chi connectivity index (χ3n) is 3.65. The van der Waals surface area contributed by atoms with Gasteiger partial charge in [-0.15, -0.1) is 0 Å². The summed E-state index contributed by atoms with van der Waals surface area (Å²) < 4.78 is 0. The topological polar surface area (TPSA) is 78.4 Å². The lowest BCUT2D eigenvalue weighted by molar-refractivity contribution is 0.0698. The molecule has 0 heterocycles. The maximum Gasteiger partial charge on any atom is 0.339 e. The predicted molar refractivity (Wildman–Crippen MR) is 77.4 cm³/mol. The number of carbonyl (C=O) groups is 2. The quantitative estimate of drug-likeness (QED) is 0.800. The molecule has 2 unspecified atom stereocenters. The smallest absolute Gasteiger partial charge is 0.339 e. The highest BCUT2D eigenvalue weighted by atomic mass is 35.5. The largest absolute Gasteiger partial charge is 0.478 e. The van der Waals surface area contributed by atoms with Crippen LogP contribution in [0, 0.1) is 5.92 Å². The van der Waals surface area contributed by atoms with Gasteiger partial charge in [-0.3, -0.25) is 0 Å². The van der Waals surface area contributed by atoms with Crippen molar-refractivity contribution in [2.45, 2.75) is 32.2 Å². The lowest BCUT2D eigenvalue weighted by Crippen LogP contribution is -2.39. The van der Waals surface area contributed by atoms with Crippen LogP contribution in [-0.2, 0) is 0 Å². The Kier molecular flexibility index (Phi) is 4.49. The van der Waals surface area contributed by atoms with Crippen LogP contribution in [0.15, 0.2) is 18.2 Å². The molecule has 0 spiro atoms. The van der Waals surface area contributed by atoms with Crippen molar-refractivity contribution >= 4 is 29.3 Å². The zero-order valence-electron chi connectivity index (χ0n) is 11.1. The van der Waals surface area contributed by atoms with E-state index in [1.165, 1.54) is 12.1 Å². The fourth-order valence-electron chi connectivity index (χ4n) is 2.53. The molecular formula is C14H17ClN2O3. The summed E-state index contributed by atoms with van der Waals surface area (Å²) in [6, 6.07) is 4.35. The van der Waals surface area contributed by atoms with Gasteiger partial charge in [-0.05, 0) is 30.9 Å². The number of carboxylic acids is 1. The van der Waals surface area contributed by atoms with Gasteiger partial charge in [0.05, 0.1) is 10.7 Å². The van der Waals surface area contributed by atoms with E-state index < -0.39 is 12.0 Å². The van der Waals surface area contributed by atoms with Crippen molar-refractivity contribution in [1.82, 2.24) is 5.32 Å². The van der Waals surface area contributed by atoms with Gasteiger partial charge in [-0.2, -0.15) is 0 Å². The lowest BCUT2D eigenvalue weighted by Gasteiger charge is -2.18. The van der Waals surface area contributed by atoms with E-state index in [1.807, 2.05) is 0 Å². The molecule has 1 saturated carbocycles. The van der Waals surface area contributed by atoms with E-state index >= 15 is 0 Å². The number of halogens is 1. The Bertz CT molecular complexity index is 533. The number of nitrogens with one attached hydrogen (secondary N) is 2. The number of hydrogen-bond donors (Lipinski definition) is 3. The van der Waals surface area contributed by atoms with Gasteiger partial charge in [0.1, 0.15) is 5.56 Å². The molecule has 2 atom stereocenters. The van der Waals surface area contributed by atoms with Crippen LogP contribution >= 0.6 is 11.6 Å².